The lowest BCUT2D eigenvalue weighted by molar-refractivity contribution is -0.870. The number of rotatable bonds is 54. The number of carbonyl (C=O) groups excluding carboxylic acids is 3. The number of likely N-dealkylation sites (N-methyl/N-ethyl adjacent to an activating group) is 1. The molecule has 0 spiro atoms. The molecule has 81 heavy (non-hydrogen) atoms. The molecule has 0 heterocycles. The highest BCUT2D eigenvalue weighted by atomic mass is 16.7. The highest BCUT2D eigenvalue weighted by molar-refractivity contribution is 5.71. The van der Waals surface area contributed by atoms with Crippen LogP contribution in [-0.4, -0.2) is 82.3 Å². The van der Waals surface area contributed by atoms with E-state index in [1.54, 1.807) is 6.08 Å². The van der Waals surface area contributed by atoms with Crippen LogP contribution in [0.1, 0.15) is 194 Å². The summed E-state index contributed by atoms with van der Waals surface area (Å²) in [4.78, 5) is 37.2. The smallest absolute Gasteiger partial charge is 0.309 e. The molecular weight excluding hydrogens is 1010 g/mol. The minimum absolute atomic E-state index is 0.0495. The van der Waals surface area contributed by atoms with Gasteiger partial charge in [-0.3, -0.25) is 9.59 Å². The number of quaternary nitrogens is 1. The van der Waals surface area contributed by atoms with Gasteiger partial charge in [0, 0.05) is 6.42 Å². The Kier molecular flexibility index (Phi) is 56.3. The lowest BCUT2D eigenvalue weighted by atomic mass is 10.0. The van der Waals surface area contributed by atoms with Crippen LogP contribution in [-0.2, 0) is 33.3 Å². The Hall–Kier alpha value is -5.61. The van der Waals surface area contributed by atoms with Gasteiger partial charge in [-0.15, -0.1) is 0 Å². The van der Waals surface area contributed by atoms with Crippen LogP contribution in [0.15, 0.2) is 182 Å². The molecular formula is C72H111NO8. The number of carboxylic acid groups (broad SMARTS) is 1. The molecule has 0 aromatic carbocycles. The van der Waals surface area contributed by atoms with Crippen LogP contribution >= 0.6 is 0 Å². The molecule has 2 unspecified atom stereocenters. The van der Waals surface area contributed by atoms with Gasteiger partial charge in [-0.2, -0.15) is 0 Å². The van der Waals surface area contributed by atoms with Crippen LogP contribution in [0.2, 0.25) is 0 Å². The number of hydrogen-bond donors (Lipinski definition) is 0. The van der Waals surface area contributed by atoms with E-state index >= 15 is 0 Å². The molecule has 0 aliphatic rings. The third-order valence-corrected chi connectivity index (χ3v) is 12.2. The Morgan fingerprint density at radius 1 is 0.383 bits per heavy atom. The second-order valence-corrected chi connectivity index (χ2v) is 20.9. The molecule has 2 atom stereocenters. The maximum Gasteiger partial charge on any atom is 0.309 e. The fourth-order valence-electron chi connectivity index (χ4n) is 7.52. The van der Waals surface area contributed by atoms with Crippen molar-refractivity contribution >= 4 is 17.9 Å². The molecule has 0 aromatic heterocycles. The van der Waals surface area contributed by atoms with Crippen molar-refractivity contribution in [3.05, 3.63) is 182 Å². The summed E-state index contributed by atoms with van der Waals surface area (Å²) >= 11 is 0. The van der Waals surface area contributed by atoms with Crippen LogP contribution in [0, 0.1) is 0 Å². The molecule has 452 valence electrons. The zero-order chi connectivity index (χ0) is 59.1. The van der Waals surface area contributed by atoms with Crippen molar-refractivity contribution in [2.45, 2.75) is 206 Å². The van der Waals surface area contributed by atoms with Crippen molar-refractivity contribution in [3.63, 3.8) is 0 Å². The van der Waals surface area contributed by atoms with Crippen molar-refractivity contribution in [1.29, 1.82) is 0 Å². The van der Waals surface area contributed by atoms with E-state index in [0.29, 0.717) is 23.9 Å². The van der Waals surface area contributed by atoms with Crippen LogP contribution in [0.3, 0.4) is 0 Å². The van der Waals surface area contributed by atoms with Crippen LogP contribution < -0.4 is 5.11 Å². The van der Waals surface area contributed by atoms with E-state index in [1.807, 2.05) is 33.3 Å². The van der Waals surface area contributed by atoms with Crippen LogP contribution in [0.4, 0.5) is 0 Å². The van der Waals surface area contributed by atoms with Gasteiger partial charge in [0.05, 0.1) is 46.7 Å². The summed E-state index contributed by atoms with van der Waals surface area (Å²) in [6.07, 6.45) is 89.9. The first-order valence-electron chi connectivity index (χ1n) is 30.9. The van der Waals surface area contributed by atoms with Crippen LogP contribution in [0.25, 0.3) is 0 Å². The maximum atomic E-state index is 12.9. The summed E-state index contributed by atoms with van der Waals surface area (Å²) in [6.45, 7) is 4.36. The molecule has 0 radical (unpaired) electrons. The Balaban J connectivity index is 4.21. The van der Waals surface area contributed by atoms with Crippen molar-refractivity contribution in [3.8, 4) is 0 Å². The van der Waals surface area contributed by atoms with Gasteiger partial charge in [0.2, 0.25) is 0 Å². The highest BCUT2D eigenvalue weighted by Gasteiger charge is 2.21. The van der Waals surface area contributed by atoms with Crippen LogP contribution in [0.5, 0.6) is 0 Å². The Labute approximate surface area is 494 Å². The number of unbranched alkanes of at least 4 members (excludes halogenated alkanes) is 10. The second-order valence-electron chi connectivity index (χ2n) is 20.9. The number of nitrogens with zero attached hydrogens (tertiary/aromatic N) is 1. The predicted molar refractivity (Wildman–Crippen MR) is 342 cm³/mol. The summed E-state index contributed by atoms with van der Waals surface area (Å²) in [5.41, 5.74) is 0. The number of esters is 2. The largest absolute Gasteiger partial charge is 0.545 e. The topological polar surface area (TPSA) is 111 Å². The second kappa shape index (κ2) is 60.5. The van der Waals surface area contributed by atoms with Gasteiger partial charge >= 0.3 is 11.9 Å². The number of ether oxygens (including phenoxy) is 4. The monoisotopic (exact) mass is 1120 g/mol. The zero-order valence-electron chi connectivity index (χ0n) is 51.3. The first kappa shape index (κ1) is 75.4. The molecule has 0 saturated heterocycles. The SMILES string of the molecule is CC/C=C\C/C=C\C/C=C\C/C=C\C/C=C\C/C=C\C/C=C\C/C=C\C/C=C\C/C=C\CCCCCCCCCCCCC(=O)OC(COC(=O)C/C=C\C/C=C\C/C=C\C/C=C\C/C=C\CC)COC(OCC[N+](C)(C)C)C(=O)[O-]. The number of carboxylic acids is 1. The summed E-state index contributed by atoms with van der Waals surface area (Å²) in [6, 6.07) is 0. The summed E-state index contributed by atoms with van der Waals surface area (Å²) in [5, 5.41) is 11.8. The molecule has 0 saturated carbocycles. The molecule has 0 aromatic rings. The van der Waals surface area contributed by atoms with Gasteiger partial charge in [-0.05, 0) is 116 Å². The van der Waals surface area contributed by atoms with E-state index < -0.39 is 30.3 Å². The van der Waals surface area contributed by atoms with E-state index in [1.165, 1.54) is 38.5 Å². The standard InChI is InChI=1S/C72H111NO8/c1-6-8-10-12-14-16-18-20-22-23-24-25-26-27-28-29-30-31-32-33-34-35-36-37-38-39-40-41-42-43-44-45-46-47-49-51-53-55-57-59-61-63-70(75)81-68(67-80-72(71(76)77)78-65-64-73(3,4)5)66-79-69(74)62-60-58-56-54-52-50-48-21-19-17-15-13-11-9-7-2/h8-11,14-17,20-22,24-25,27-28,30-31,33-34,36-37,39-40,42-43,48,52,54,58,60,68,72H,6-7,12-13,18-19,23,26,29,32,35,38,41,44-47,49-51,53,55-57,59,61-67H2,1-5H3/b10-8-,11-9-,16-14-,17-15-,22-20-,25-24-,28-27-,31-30-,34-33-,37-36-,40-39-,43-42-,48-21-,54-52-,60-58-. The highest BCUT2D eigenvalue weighted by Crippen LogP contribution is 2.14. The first-order valence-corrected chi connectivity index (χ1v) is 30.9. The zero-order valence-corrected chi connectivity index (χ0v) is 51.3. The first-order chi connectivity index (χ1) is 39.6. The maximum absolute atomic E-state index is 12.9. The molecule has 0 bridgehead atoms. The lowest BCUT2D eigenvalue weighted by Crippen LogP contribution is -2.44. The Morgan fingerprint density at radius 2 is 0.704 bits per heavy atom. The molecule has 0 aliphatic carbocycles. The number of aliphatic carboxylic acids is 1. The molecule has 9 heteroatoms. The minimum atomic E-state index is -1.65. The van der Waals surface area contributed by atoms with Crippen molar-refractivity contribution in [1.82, 2.24) is 0 Å². The third kappa shape index (κ3) is 61.9. The average Bonchev–Trinajstić information content (AvgIpc) is 3.44. The van der Waals surface area contributed by atoms with E-state index in [4.69, 9.17) is 18.9 Å². The van der Waals surface area contributed by atoms with Gasteiger partial charge in [0.1, 0.15) is 13.2 Å². The average molecular weight is 1120 g/mol. The molecule has 0 fully saturated rings. The van der Waals surface area contributed by atoms with Crippen molar-refractivity contribution in [2.75, 3.05) is 47.5 Å². The van der Waals surface area contributed by atoms with E-state index in [-0.39, 0.29) is 32.7 Å². The van der Waals surface area contributed by atoms with Crippen molar-refractivity contribution < 1.29 is 42.9 Å². The summed E-state index contributed by atoms with van der Waals surface area (Å²) < 4.78 is 22.5. The molecule has 9 nitrogen and oxygen atoms in total. The number of carbonyl (C=O) groups is 3. The van der Waals surface area contributed by atoms with Crippen molar-refractivity contribution in [2.24, 2.45) is 0 Å². The lowest BCUT2D eigenvalue weighted by Gasteiger charge is -2.26. The van der Waals surface area contributed by atoms with E-state index in [0.717, 1.165) is 116 Å². The summed E-state index contributed by atoms with van der Waals surface area (Å²) in [7, 11) is 5.88. The van der Waals surface area contributed by atoms with Gasteiger partial charge in [0.15, 0.2) is 12.4 Å². The Bertz CT molecular complexity index is 1980. The molecule has 0 rings (SSSR count). The molecule has 0 aliphatic heterocycles. The fourth-order valence-corrected chi connectivity index (χ4v) is 7.52. The third-order valence-electron chi connectivity index (χ3n) is 12.2. The van der Waals surface area contributed by atoms with Gasteiger partial charge in [0.25, 0.3) is 0 Å². The fraction of sp³-hybridized carbons (Fsp3) is 0.542. The summed E-state index contributed by atoms with van der Waals surface area (Å²) in [5.74, 6) is -2.48. The Morgan fingerprint density at radius 3 is 1.05 bits per heavy atom. The van der Waals surface area contributed by atoms with E-state index in [9.17, 15) is 19.5 Å². The number of hydrogen-bond acceptors (Lipinski definition) is 8. The van der Waals surface area contributed by atoms with Gasteiger partial charge in [-0.25, -0.2) is 0 Å². The number of allylic oxidation sites excluding steroid dienone is 29. The van der Waals surface area contributed by atoms with E-state index in [2.05, 4.69) is 178 Å². The van der Waals surface area contributed by atoms with Gasteiger partial charge in [-0.1, -0.05) is 247 Å². The molecule has 0 amide bonds. The quantitative estimate of drug-likeness (QED) is 0.0195. The predicted octanol–water partition coefficient (Wildman–Crippen LogP) is 17.6. The van der Waals surface area contributed by atoms with Gasteiger partial charge < -0.3 is 33.3 Å². The normalized spacial score (nSPS) is 14.0. The minimum Gasteiger partial charge on any atom is -0.545 e. The molecule has 0 N–H and O–H groups in total.